The highest BCUT2D eigenvalue weighted by atomic mass is 16.2. The molecule has 0 unspecified atom stereocenters. The number of guanidine groups is 1. The van der Waals surface area contributed by atoms with Gasteiger partial charge in [-0.1, -0.05) is 103 Å². The first kappa shape index (κ1) is 48.2. The quantitative estimate of drug-likeness (QED) is 0.0545. The fourth-order valence-corrected chi connectivity index (χ4v) is 8.52. The number of carbonyl (C=O) groups excluding carboxylic acids is 7. The lowest BCUT2D eigenvalue weighted by molar-refractivity contribution is -0.142. The Balaban J connectivity index is 1.33. The van der Waals surface area contributed by atoms with E-state index in [2.05, 4.69) is 36.9 Å². The van der Waals surface area contributed by atoms with Crippen LogP contribution in [0.5, 0.6) is 0 Å². The van der Waals surface area contributed by atoms with Gasteiger partial charge in [-0.3, -0.25) is 38.6 Å². The molecule has 17 heteroatoms. The summed E-state index contributed by atoms with van der Waals surface area (Å²) >= 11 is 0. The topological polar surface area (TPSA) is 259 Å². The minimum Gasteiger partial charge on any atom is -0.370 e. The smallest absolute Gasteiger partial charge is 0.245 e. The molecule has 10 N–H and O–H groups in total. The fraction of sp³-hybridized carbons (Fsp3) is 0.388. The highest BCUT2D eigenvalue weighted by Gasteiger charge is 2.40. The van der Waals surface area contributed by atoms with Crippen LogP contribution in [0.2, 0.25) is 0 Å². The molecule has 2 saturated heterocycles. The molecule has 0 aliphatic carbocycles. The number of nitrogens with one attached hydrogen (secondary N) is 6. The number of carbonyl (C=O) groups is 7. The zero-order valence-corrected chi connectivity index (χ0v) is 37.2. The van der Waals surface area contributed by atoms with E-state index in [9.17, 15) is 33.6 Å². The van der Waals surface area contributed by atoms with Crippen LogP contribution in [0.15, 0.2) is 108 Å². The molecule has 2 fully saturated rings. The van der Waals surface area contributed by atoms with Gasteiger partial charge in [0.25, 0.3) is 0 Å². The molecule has 2 aliphatic heterocycles. The Bertz CT molecular complexity index is 2370. The predicted octanol–water partition coefficient (Wildman–Crippen LogP) is 1.27. The summed E-state index contributed by atoms with van der Waals surface area (Å²) in [7, 11) is 0. The summed E-state index contributed by atoms with van der Waals surface area (Å²) in [5.41, 5.74) is 13.4. The molecule has 0 aromatic heterocycles. The highest BCUT2D eigenvalue weighted by Crippen LogP contribution is 2.22. The molecule has 4 aromatic rings. The van der Waals surface area contributed by atoms with E-state index in [1.54, 1.807) is 0 Å². The minimum absolute atomic E-state index is 0.0547. The molecule has 6 atom stereocenters. The lowest BCUT2D eigenvalue weighted by atomic mass is 9.97. The maximum atomic E-state index is 14.6. The maximum Gasteiger partial charge on any atom is 0.245 e. The Morgan fingerprint density at radius 3 is 2.08 bits per heavy atom. The van der Waals surface area contributed by atoms with Crippen LogP contribution in [-0.4, -0.2) is 108 Å². The van der Waals surface area contributed by atoms with E-state index in [0.717, 1.165) is 27.5 Å². The van der Waals surface area contributed by atoms with Gasteiger partial charge in [0.1, 0.15) is 36.3 Å². The summed E-state index contributed by atoms with van der Waals surface area (Å²) in [6, 6.07) is 25.0. The first-order valence-electron chi connectivity index (χ1n) is 22.5. The summed E-state index contributed by atoms with van der Waals surface area (Å²) < 4.78 is 0. The van der Waals surface area contributed by atoms with Gasteiger partial charge in [0.15, 0.2) is 5.96 Å². The lowest BCUT2D eigenvalue weighted by Gasteiger charge is -2.31. The Morgan fingerprint density at radius 2 is 1.36 bits per heavy atom. The molecule has 6 rings (SSSR count). The number of hydrogen-bond donors (Lipinski definition) is 8. The Morgan fingerprint density at radius 1 is 0.727 bits per heavy atom. The second-order valence-corrected chi connectivity index (χ2v) is 16.8. The van der Waals surface area contributed by atoms with Crippen molar-refractivity contribution in [1.82, 2.24) is 36.8 Å². The summed E-state index contributed by atoms with van der Waals surface area (Å²) in [5, 5.41) is 19.0. The Hall–Kier alpha value is -7.30. The van der Waals surface area contributed by atoms with Crippen molar-refractivity contribution in [2.24, 2.45) is 16.5 Å². The van der Waals surface area contributed by atoms with Crippen LogP contribution in [-0.2, 0) is 52.8 Å². The number of fused-ring (bicyclic) bond motifs is 2. The van der Waals surface area contributed by atoms with Gasteiger partial charge in [-0.25, -0.2) is 0 Å². The van der Waals surface area contributed by atoms with Crippen LogP contribution < -0.4 is 43.4 Å². The Kier molecular flexibility index (Phi) is 17.2. The SMILES string of the molecule is CC(=O)N[C@@H](Cc1ccccc1)C(=O)N[C@H]1CCCNC(=O)[C@H](CCCN=C(N)N)NC(=O)[C@H](Cc2cccc3ccccc23)NC(=O)[C@@H](Cc2ccccc2)NC(=O)[C@@H]2CCCN2C1=O. The largest absolute Gasteiger partial charge is 0.370 e. The third-order valence-electron chi connectivity index (χ3n) is 11.8. The molecule has 348 valence electrons. The molecule has 4 aromatic carbocycles. The average molecular weight is 901 g/mol. The number of aliphatic imine (C=N–C) groups is 1. The molecule has 17 nitrogen and oxygen atoms in total. The van der Waals surface area contributed by atoms with Crippen molar-refractivity contribution >= 4 is 58.1 Å². The average Bonchev–Trinajstić information content (AvgIpc) is 3.81. The van der Waals surface area contributed by atoms with Gasteiger partial charge in [-0.2, -0.15) is 0 Å². The second kappa shape index (κ2) is 23.6. The normalized spacial score (nSPS) is 21.4. The number of benzene rings is 4. The number of amides is 7. The molecule has 7 amide bonds. The molecule has 0 saturated carbocycles. The zero-order chi connectivity index (χ0) is 47.0. The van der Waals surface area contributed by atoms with Gasteiger partial charge >= 0.3 is 0 Å². The third kappa shape index (κ3) is 13.6. The van der Waals surface area contributed by atoms with Crippen LogP contribution in [0.3, 0.4) is 0 Å². The van der Waals surface area contributed by atoms with Gasteiger partial charge in [-0.15, -0.1) is 0 Å². The van der Waals surface area contributed by atoms with Crippen molar-refractivity contribution in [1.29, 1.82) is 0 Å². The first-order valence-corrected chi connectivity index (χ1v) is 22.5. The van der Waals surface area contributed by atoms with Gasteiger partial charge < -0.3 is 48.3 Å². The van der Waals surface area contributed by atoms with E-state index < -0.39 is 77.6 Å². The van der Waals surface area contributed by atoms with Crippen LogP contribution in [0.4, 0.5) is 0 Å². The van der Waals surface area contributed by atoms with Crippen molar-refractivity contribution in [3.8, 4) is 0 Å². The van der Waals surface area contributed by atoms with Crippen molar-refractivity contribution in [2.75, 3.05) is 19.6 Å². The van der Waals surface area contributed by atoms with Crippen molar-refractivity contribution in [3.05, 3.63) is 120 Å². The lowest BCUT2D eigenvalue weighted by Crippen LogP contribution is -2.60. The van der Waals surface area contributed by atoms with E-state index >= 15 is 0 Å². The van der Waals surface area contributed by atoms with Crippen molar-refractivity contribution < 1.29 is 33.6 Å². The van der Waals surface area contributed by atoms with Crippen LogP contribution in [0.1, 0.15) is 62.1 Å². The first-order chi connectivity index (χ1) is 31.9. The van der Waals surface area contributed by atoms with Gasteiger partial charge in [0.05, 0.1) is 0 Å². The standard InChI is InChI=1S/C49H60N10O7/c1-31(60)54-39(28-32-14-4-2-5-15-32)44(62)56-38-23-12-25-52-43(61)37(22-11-26-53-49(50)51)55-46(64)41(30-35-20-10-19-34-18-8-9-21-36(34)35)57-45(63)40(29-33-16-6-3-7-17-33)58-47(65)42-24-13-27-59(42)48(38)66/h2-10,14-21,37-42H,11-13,22-30H2,1H3,(H,52,61)(H,54,60)(H,55,64)(H,56,62)(H,57,63)(H,58,65)(H4,50,51,53)/t37-,38-,39-,40+,41-,42-/m0/s1. The Labute approximate surface area is 384 Å². The van der Waals surface area contributed by atoms with Gasteiger partial charge in [0, 0.05) is 45.8 Å². The number of rotatable bonds is 13. The van der Waals surface area contributed by atoms with Crippen molar-refractivity contribution in [2.45, 2.75) is 101 Å². The summed E-state index contributed by atoms with van der Waals surface area (Å²) in [4.78, 5) is 104. The van der Waals surface area contributed by atoms with Crippen molar-refractivity contribution in [3.63, 3.8) is 0 Å². The fourth-order valence-electron chi connectivity index (χ4n) is 8.52. The van der Waals surface area contributed by atoms with Crippen LogP contribution in [0.25, 0.3) is 10.8 Å². The molecular weight excluding hydrogens is 841 g/mol. The maximum absolute atomic E-state index is 14.6. The molecule has 0 spiro atoms. The van der Waals surface area contributed by atoms with Crippen LogP contribution in [0, 0.1) is 0 Å². The molecular formula is C49H60N10O7. The van der Waals surface area contributed by atoms with E-state index in [1.807, 2.05) is 103 Å². The van der Waals surface area contributed by atoms with E-state index in [0.29, 0.717) is 19.3 Å². The molecule has 2 heterocycles. The van der Waals surface area contributed by atoms with Crippen LogP contribution >= 0.6 is 0 Å². The number of hydrogen-bond acceptors (Lipinski definition) is 8. The van der Waals surface area contributed by atoms with Gasteiger partial charge in [-0.05, 0) is 66.0 Å². The highest BCUT2D eigenvalue weighted by molar-refractivity contribution is 5.98. The predicted molar refractivity (Wildman–Crippen MR) is 250 cm³/mol. The molecule has 2 aliphatic rings. The second-order valence-electron chi connectivity index (χ2n) is 16.8. The molecule has 0 radical (unpaired) electrons. The summed E-state index contributed by atoms with van der Waals surface area (Å²) in [5.74, 6) is -4.02. The van der Waals surface area contributed by atoms with E-state index in [4.69, 9.17) is 11.5 Å². The molecule has 0 bridgehead atoms. The van der Waals surface area contributed by atoms with E-state index in [-0.39, 0.29) is 64.1 Å². The number of nitrogens with zero attached hydrogens (tertiary/aromatic N) is 2. The third-order valence-corrected chi connectivity index (χ3v) is 11.8. The summed E-state index contributed by atoms with van der Waals surface area (Å²) in [6.45, 7) is 1.75. The summed E-state index contributed by atoms with van der Waals surface area (Å²) in [6.07, 6.45) is 1.77. The molecule has 66 heavy (non-hydrogen) atoms. The van der Waals surface area contributed by atoms with E-state index in [1.165, 1.54) is 11.8 Å². The number of nitrogens with two attached hydrogens (primary N) is 2. The monoisotopic (exact) mass is 900 g/mol. The zero-order valence-electron chi connectivity index (χ0n) is 37.2. The minimum atomic E-state index is -1.19. The van der Waals surface area contributed by atoms with Gasteiger partial charge in [0.2, 0.25) is 41.4 Å².